The highest BCUT2D eigenvalue weighted by Gasteiger charge is 2.21. The lowest BCUT2D eigenvalue weighted by Crippen LogP contribution is -2.36. The number of primary amides is 1. The number of aliphatic hydroxyl groups excluding tert-OH is 1. The van der Waals surface area contributed by atoms with Crippen LogP contribution in [0.2, 0.25) is 0 Å². The van der Waals surface area contributed by atoms with E-state index in [0.717, 1.165) is 0 Å². The molecule has 1 amide bonds. The van der Waals surface area contributed by atoms with Crippen molar-refractivity contribution in [2.75, 3.05) is 11.9 Å². The smallest absolute Gasteiger partial charge is 0.252 e. The Bertz CT molecular complexity index is 1030. The Hall–Kier alpha value is -3.51. The van der Waals surface area contributed by atoms with E-state index in [1.807, 2.05) is 6.07 Å². The van der Waals surface area contributed by atoms with Crippen LogP contribution in [0, 0.1) is 11.3 Å². The Morgan fingerprint density at radius 2 is 2.15 bits per heavy atom. The predicted octanol–water partition coefficient (Wildman–Crippen LogP) is 0.945. The highest BCUT2D eigenvalue weighted by molar-refractivity contribution is 5.99. The van der Waals surface area contributed by atoms with Crippen molar-refractivity contribution in [2.45, 2.75) is 19.4 Å². The van der Waals surface area contributed by atoms with Gasteiger partial charge in [-0.2, -0.15) is 10.4 Å². The van der Waals surface area contributed by atoms with E-state index < -0.39 is 11.4 Å². The molecule has 0 aliphatic rings. The van der Waals surface area contributed by atoms with Gasteiger partial charge < -0.3 is 16.2 Å². The van der Waals surface area contributed by atoms with Gasteiger partial charge in [-0.05, 0) is 19.9 Å². The zero-order valence-electron chi connectivity index (χ0n) is 14.3. The van der Waals surface area contributed by atoms with Crippen LogP contribution in [-0.4, -0.2) is 42.7 Å². The van der Waals surface area contributed by atoms with Crippen molar-refractivity contribution < 1.29 is 9.90 Å². The topological polar surface area (TPSA) is 142 Å². The van der Waals surface area contributed by atoms with E-state index in [1.165, 1.54) is 16.9 Å². The van der Waals surface area contributed by atoms with Gasteiger partial charge in [0, 0.05) is 12.4 Å². The molecule has 3 heterocycles. The fourth-order valence-electron chi connectivity index (χ4n) is 2.42. The molecule has 9 heteroatoms. The van der Waals surface area contributed by atoms with Crippen molar-refractivity contribution in [1.29, 1.82) is 5.26 Å². The Balaban J connectivity index is 2.12. The van der Waals surface area contributed by atoms with Crippen molar-refractivity contribution in [3.05, 3.63) is 42.0 Å². The number of rotatable bonds is 5. The van der Waals surface area contributed by atoms with Crippen LogP contribution in [0.4, 0.5) is 5.69 Å². The molecule has 3 aromatic rings. The molecule has 0 aliphatic carbocycles. The second-order valence-electron chi connectivity index (χ2n) is 6.43. The average molecular weight is 351 g/mol. The zero-order valence-corrected chi connectivity index (χ0v) is 14.3. The maximum Gasteiger partial charge on any atom is 0.252 e. The molecule has 0 aliphatic heterocycles. The van der Waals surface area contributed by atoms with Gasteiger partial charge in [0.05, 0.1) is 52.6 Å². The molecule has 132 valence electrons. The molecule has 0 saturated heterocycles. The predicted molar refractivity (Wildman–Crippen MR) is 94.2 cm³/mol. The largest absolute Gasteiger partial charge is 0.394 e. The minimum absolute atomic E-state index is 0.141. The average Bonchev–Trinajstić information content (AvgIpc) is 3.04. The Morgan fingerprint density at radius 3 is 2.81 bits per heavy atom. The van der Waals surface area contributed by atoms with Gasteiger partial charge in [0.25, 0.3) is 5.91 Å². The molecule has 9 nitrogen and oxygen atoms in total. The van der Waals surface area contributed by atoms with Crippen LogP contribution in [0.3, 0.4) is 0 Å². The van der Waals surface area contributed by atoms with Crippen LogP contribution in [0.25, 0.3) is 16.9 Å². The Morgan fingerprint density at radius 1 is 1.38 bits per heavy atom. The van der Waals surface area contributed by atoms with Crippen molar-refractivity contribution in [1.82, 2.24) is 19.6 Å². The summed E-state index contributed by atoms with van der Waals surface area (Å²) in [5.41, 5.74) is 7.50. The number of carbonyl (C=O) groups is 1. The minimum atomic E-state index is -0.663. The van der Waals surface area contributed by atoms with Gasteiger partial charge in [0.1, 0.15) is 6.07 Å². The van der Waals surface area contributed by atoms with Crippen LogP contribution in [0.1, 0.15) is 29.8 Å². The Labute approximate surface area is 149 Å². The number of nitriles is 1. The third kappa shape index (κ3) is 3.18. The fraction of sp³-hybridized carbons (Fsp3) is 0.235. The third-order valence-electron chi connectivity index (χ3n) is 3.80. The van der Waals surface area contributed by atoms with Crippen molar-refractivity contribution in [2.24, 2.45) is 5.73 Å². The van der Waals surface area contributed by atoms with Crippen LogP contribution in [0.5, 0.6) is 0 Å². The number of nitrogens with one attached hydrogen (secondary N) is 1. The van der Waals surface area contributed by atoms with Gasteiger partial charge in [0.2, 0.25) is 0 Å². The van der Waals surface area contributed by atoms with Crippen molar-refractivity contribution >= 4 is 17.2 Å². The van der Waals surface area contributed by atoms with Gasteiger partial charge >= 0.3 is 0 Å². The molecule has 0 atom stereocenters. The molecular weight excluding hydrogens is 334 g/mol. The zero-order chi connectivity index (χ0) is 18.9. The van der Waals surface area contributed by atoms with Crippen LogP contribution >= 0.6 is 0 Å². The molecule has 26 heavy (non-hydrogen) atoms. The number of aromatic nitrogens is 4. The van der Waals surface area contributed by atoms with E-state index in [1.54, 1.807) is 32.3 Å². The first kappa shape index (κ1) is 17.3. The number of nitrogens with two attached hydrogens (primary N) is 1. The van der Waals surface area contributed by atoms with Crippen LogP contribution in [-0.2, 0) is 0 Å². The summed E-state index contributed by atoms with van der Waals surface area (Å²) < 4.78 is 1.49. The van der Waals surface area contributed by atoms with E-state index in [0.29, 0.717) is 28.2 Å². The van der Waals surface area contributed by atoms with Gasteiger partial charge in [-0.15, -0.1) is 0 Å². The van der Waals surface area contributed by atoms with E-state index in [2.05, 4.69) is 20.4 Å². The summed E-state index contributed by atoms with van der Waals surface area (Å²) in [7, 11) is 0. The molecule has 4 N–H and O–H groups in total. The van der Waals surface area contributed by atoms with Crippen molar-refractivity contribution in [3.8, 4) is 17.3 Å². The summed E-state index contributed by atoms with van der Waals surface area (Å²) in [6, 6.07) is 3.67. The number of carbonyl (C=O) groups excluding carboxylic acids is 1. The molecule has 0 unspecified atom stereocenters. The number of hydrogen-bond donors (Lipinski definition) is 3. The summed E-state index contributed by atoms with van der Waals surface area (Å²) in [4.78, 5) is 20.2. The van der Waals surface area contributed by atoms with Crippen LogP contribution in [0.15, 0.2) is 30.9 Å². The van der Waals surface area contributed by atoms with E-state index in [4.69, 9.17) is 11.0 Å². The molecule has 0 fully saturated rings. The van der Waals surface area contributed by atoms with E-state index >= 15 is 0 Å². The number of pyridine rings is 1. The second-order valence-corrected chi connectivity index (χ2v) is 6.43. The molecular formula is C17H17N7O2. The molecule has 0 radical (unpaired) electrons. The fourth-order valence-corrected chi connectivity index (χ4v) is 2.42. The van der Waals surface area contributed by atoms with Gasteiger partial charge in [-0.1, -0.05) is 0 Å². The number of nitrogens with zero attached hydrogens (tertiary/aromatic N) is 5. The minimum Gasteiger partial charge on any atom is -0.394 e. The SMILES string of the molecule is CC(C)(CO)Nc1cc(-c2cnn3cc(C#N)cnc23)ncc1C(N)=O. The first-order chi connectivity index (χ1) is 12.3. The lowest BCUT2D eigenvalue weighted by molar-refractivity contribution is 0.100. The molecule has 3 aromatic heterocycles. The number of anilines is 1. The molecule has 0 bridgehead atoms. The van der Waals surface area contributed by atoms with E-state index in [9.17, 15) is 9.90 Å². The first-order valence-corrected chi connectivity index (χ1v) is 7.77. The molecule has 0 saturated carbocycles. The highest BCUT2D eigenvalue weighted by Crippen LogP contribution is 2.27. The number of fused-ring (bicyclic) bond motifs is 1. The quantitative estimate of drug-likeness (QED) is 0.621. The number of amides is 1. The normalized spacial score (nSPS) is 11.3. The highest BCUT2D eigenvalue weighted by atomic mass is 16.3. The van der Waals surface area contributed by atoms with Crippen molar-refractivity contribution in [3.63, 3.8) is 0 Å². The third-order valence-corrected chi connectivity index (χ3v) is 3.80. The van der Waals surface area contributed by atoms with Gasteiger partial charge in [0.15, 0.2) is 5.65 Å². The Kier molecular flexibility index (Phi) is 4.28. The lowest BCUT2D eigenvalue weighted by Gasteiger charge is -2.26. The first-order valence-electron chi connectivity index (χ1n) is 7.77. The molecule has 0 spiro atoms. The standard InChI is InChI=1S/C17H17N7O2/c1-17(2,9-25)23-14-3-13(20-6-11(14)15(19)26)12-7-22-24-8-10(4-18)5-21-16(12)24/h3,5-8,25H,9H2,1-2H3,(H2,19,26)(H,20,23). The van der Waals surface area contributed by atoms with E-state index in [-0.39, 0.29) is 12.2 Å². The summed E-state index contributed by atoms with van der Waals surface area (Å²) in [5, 5.41) is 25.7. The lowest BCUT2D eigenvalue weighted by atomic mass is 10.0. The number of hydrogen-bond acceptors (Lipinski definition) is 7. The monoisotopic (exact) mass is 351 g/mol. The molecule has 3 rings (SSSR count). The summed E-state index contributed by atoms with van der Waals surface area (Å²) >= 11 is 0. The molecule has 0 aromatic carbocycles. The van der Waals surface area contributed by atoms with Gasteiger partial charge in [-0.25, -0.2) is 9.50 Å². The summed E-state index contributed by atoms with van der Waals surface area (Å²) in [6.45, 7) is 3.44. The summed E-state index contributed by atoms with van der Waals surface area (Å²) in [6.07, 6.45) is 5.97. The van der Waals surface area contributed by atoms with Crippen LogP contribution < -0.4 is 11.1 Å². The second kappa shape index (κ2) is 6.42. The maximum atomic E-state index is 11.7. The number of aliphatic hydroxyl groups is 1. The summed E-state index contributed by atoms with van der Waals surface area (Å²) in [5.74, 6) is -0.628. The maximum absolute atomic E-state index is 11.7. The van der Waals surface area contributed by atoms with Gasteiger partial charge in [-0.3, -0.25) is 9.78 Å².